The van der Waals surface area contributed by atoms with Crippen molar-refractivity contribution in [2.24, 2.45) is 5.92 Å². The second-order valence-corrected chi connectivity index (χ2v) is 5.33. The smallest absolute Gasteiger partial charge is 0.226 e. The van der Waals surface area contributed by atoms with Crippen molar-refractivity contribution in [1.82, 2.24) is 15.5 Å². The first-order valence-corrected chi connectivity index (χ1v) is 6.81. The molecule has 96 valence electrons. The van der Waals surface area contributed by atoms with Crippen molar-refractivity contribution in [3.8, 4) is 0 Å². The Kier molecular flexibility index (Phi) is 4.54. The van der Waals surface area contributed by atoms with Crippen molar-refractivity contribution < 1.29 is 4.52 Å². The van der Waals surface area contributed by atoms with Crippen LogP contribution in [0, 0.1) is 5.92 Å². The highest BCUT2D eigenvalue weighted by Gasteiger charge is 2.19. The molecule has 0 aromatic carbocycles. The third-order valence-electron chi connectivity index (χ3n) is 3.29. The molecule has 2 heterocycles. The SMILES string of the molecule is CC(C)CCc1nc(C2CCCCCN2)no1. The first kappa shape index (κ1) is 12.6. The molecule has 1 aliphatic heterocycles. The molecule has 1 aromatic heterocycles. The van der Waals surface area contributed by atoms with Crippen LogP contribution in [0.2, 0.25) is 0 Å². The molecule has 1 fully saturated rings. The van der Waals surface area contributed by atoms with Gasteiger partial charge in [0, 0.05) is 6.42 Å². The molecule has 0 bridgehead atoms. The maximum Gasteiger partial charge on any atom is 0.226 e. The van der Waals surface area contributed by atoms with Crippen LogP contribution in [0.5, 0.6) is 0 Å². The molecule has 1 aliphatic rings. The van der Waals surface area contributed by atoms with Crippen molar-refractivity contribution in [1.29, 1.82) is 0 Å². The van der Waals surface area contributed by atoms with Gasteiger partial charge in [-0.05, 0) is 31.7 Å². The number of aryl methyl sites for hydroxylation is 1. The number of hydrogen-bond acceptors (Lipinski definition) is 4. The first-order chi connectivity index (χ1) is 8.25. The molecule has 0 saturated carbocycles. The zero-order valence-corrected chi connectivity index (χ0v) is 10.9. The molecule has 2 rings (SSSR count). The molecule has 1 saturated heterocycles. The highest BCUT2D eigenvalue weighted by Crippen LogP contribution is 2.20. The zero-order chi connectivity index (χ0) is 12.1. The Morgan fingerprint density at radius 1 is 1.35 bits per heavy atom. The first-order valence-electron chi connectivity index (χ1n) is 6.81. The fourth-order valence-corrected chi connectivity index (χ4v) is 2.17. The molecular formula is C13H23N3O. The fraction of sp³-hybridized carbons (Fsp3) is 0.846. The summed E-state index contributed by atoms with van der Waals surface area (Å²) >= 11 is 0. The Hall–Kier alpha value is -0.900. The predicted octanol–water partition coefficient (Wildman–Crippen LogP) is 2.86. The van der Waals surface area contributed by atoms with Gasteiger partial charge in [-0.25, -0.2) is 0 Å². The molecule has 1 aromatic rings. The van der Waals surface area contributed by atoms with Crippen LogP contribution < -0.4 is 5.32 Å². The summed E-state index contributed by atoms with van der Waals surface area (Å²) in [5, 5.41) is 7.60. The van der Waals surface area contributed by atoms with Crippen LogP contribution in [0.15, 0.2) is 4.52 Å². The van der Waals surface area contributed by atoms with E-state index < -0.39 is 0 Å². The Morgan fingerprint density at radius 2 is 2.24 bits per heavy atom. The van der Waals surface area contributed by atoms with Crippen LogP contribution in [0.25, 0.3) is 0 Å². The van der Waals surface area contributed by atoms with E-state index in [1.54, 1.807) is 0 Å². The minimum atomic E-state index is 0.300. The highest BCUT2D eigenvalue weighted by atomic mass is 16.5. The van der Waals surface area contributed by atoms with Gasteiger partial charge in [-0.2, -0.15) is 4.98 Å². The van der Waals surface area contributed by atoms with Gasteiger partial charge in [-0.1, -0.05) is 31.8 Å². The Balaban J connectivity index is 1.92. The van der Waals surface area contributed by atoms with E-state index in [1.165, 1.54) is 19.3 Å². The van der Waals surface area contributed by atoms with E-state index in [1.807, 2.05) is 0 Å². The molecule has 4 heteroatoms. The Labute approximate surface area is 103 Å². The van der Waals surface area contributed by atoms with E-state index in [9.17, 15) is 0 Å². The van der Waals surface area contributed by atoms with Gasteiger partial charge in [-0.15, -0.1) is 0 Å². The maximum atomic E-state index is 5.31. The number of nitrogens with zero attached hydrogens (tertiary/aromatic N) is 2. The molecule has 1 N–H and O–H groups in total. The number of nitrogens with one attached hydrogen (secondary N) is 1. The lowest BCUT2D eigenvalue weighted by molar-refractivity contribution is 0.356. The topological polar surface area (TPSA) is 51.0 Å². The zero-order valence-electron chi connectivity index (χ0n) is 10.9. The van der Waals surface area contributed by atoms with Crippen LogP contribution in [0.1, 0.15) is 63.7 Å². The van der Waals surface area contributed by atoms with Crippen LogP contribution >= 0.6 is 0 Å². The van der Waals surface area contributed by atoms with E-state index in [4.69, 9.17) is 4.52 Å². The van der Waals surface area contributed by atoms with E-state index in [0.717, 1.165) is 37.5 Å². The van der Waals surface area contributed by atoms with Crippen molar-refractivity contribution in [2.45, 2.75) is 58.4 Å². The largest absolute Gasteiger partial charge is 0.339 e. The second kappa shape index (κ2) is 6.15. The average molecular weight is 237 g/mol. The minimum absolute atomic E-state index is 0.300. The molecule has 0 aliphatic carbocycles. The molecule has 4 nitrogen and oxygen atoms in total. The lowest BCUT2D eigenvalue weighted by Crippen LogP contribution is -2.21. The standard InChI is InChI=1S/C13H23N3O/c1-10(2)7-8-12-15-13(16-17-12)11-6-4-3-5-9-14-11/h10-11,14H,3-9H2,1-2H3. The quantitative estimate of drug-likeness (QED) is 0.874. The van der Waals surface area contributed by atoms with Gasteiger partial charge in [0.15, 0.2) is 5.82 Å². The fourth-order valence-electron chi connectivity index (χ4n) is 2.17. The van der Waals surface area contributed by atoms with E-state index >= 15 is 0 Å². The summed E-state index contributed by atoms with van der Waals surface area (Å²) in [4.78, 5) is 4.51. The summed E-state index contributed by atoms with van der Waals surface area (Å²) in [6, 6.07) is 0.300. The van der Waals surface area contributed by atoms with Crippen molar-refractivity contribution in [3.63, 3.8) is 0 Å². The van der Waals surface area contributed by atoms with Crippen molar-refractivity contribution in [2.75, 3.05) is 6.54 Å². The van der Waals surface area contributed by atoms with E-state index in [-0.39, 0.29) is 0 Å². The van der Waals surface area contributed by atoms with Crippen molar-refractivity contribution >= 4 is 0 Å². The Bertz CT molecular complexity index is 327. The lowest BCUT2D eigenvalue weighted by Gasteiger charge is -2.09. The van der Waals surface area contributed by atoms with Gasteiger partial charge in [-0.3, -0.25) is 0 Å². The van der Waals surface area contributed by atoms with Crippen LogP contribution in [-0.2, 0) is 6.42 Å². The van der Waals surface area contributed by atoms with Gasteiger partial charge in [0.25, 0.3) is 0 Å². The monoisotopic (exact) mass is 237 g/mol. The summed E-state index contributed by atoms with van der Waals surface area (Å²) in [6.45, 7) is 5.49. The van der Waals surface area contributed by atoms with Crippen LogP contribution in [0.3, 0.4) is 0 Å². The third kappa shape index (κ3) is 3.80. The average Bonchev–Trinajstić information content (AvgIpc) is 2.60. The third-order valence-corrected chi connectivity index (χ3v) is 3.29. The van der Waals surface area contributed by atoms with E-state index in [0.29, 0.717) is 12.0 Å². The van der Waals surface area contributed by atoms with E-state index in [2.05, 4.69) is 29.3 Å². The van der Waals surface area contributed by atoms with Crippen LogP contribution in [-0.4, -0.2) is 16.7 Å². The molecule has 17 heavy (non-hydrogen) atoms. The summed E-state index contributed by atoms with van der Waals surface area (Å²) in [5.41, 5.74) is 0. The van der Waals surface area contributed by atoms with Gasteiger partial charge in [0.2, 0.25) is 5.89 Å². The molecular weight excluding hydrogens is 214 g/mol. The normalized spacial score (nSPS) is 21.7. The van der Waals surface area contributed by atoms with Gasteiger partial charge in [0.05, 0.1) is 6.04 Å². The number of aromatic nitrogens is 2. The second-order valence-electron chi connectivity index (χ2n) is 5.33. The summed E-state index contributed by atoms with van der Waals surface area (Å²) in [6.07, 6.45) is 6.96. The maximum absolute atomic E-state index is 5.31. The van der Waals surface area contributed by atoms with Gasteiger partial charge in [0.1, 0.15) is 0 Å². The molecule has 0 spiro atoms. The van der Waals surface area contributed by atoms with Crippen LogP contribution in [0.4, 0.5) is 0 Å². The minimum Gasteiger partial charge on any atom is -0.339 e. The van der Waals surface area contributed by atoms with Crippen molar-refractivity contribution in [3.05, 3.63) is 11.7 Å². The lowest BCUT2D eigenvalue weighted by atomic mass is 10.1. The molecule has 0 radical (unpaired) electrons. The predicted molar refractivity (Wildman–Crippen MR) is 66.7 cm³/mol. The summed E-state index contributed by atoms with van der Waals surface area (Å²) in [5.74, 6) is 2.33. The van der Waals surface area contributed by atoms with Gasteiger partial charge >= 0.3 is 0 Å². The Morgan fingerprint density at radius 3 is 3.06 bits per heavy atom. The summed E-state index contributed by atoms with van der Waals surface area (Å²) < 4.78 is 5.31. The molecule has 1 atom stereocenters. The number of hydrogen-bond donors (Lipinski definition) is 1. The number of rotatable bonds is 4. The molecule has 0 amide bonds. The van der Waals surface area contributed by atoms with Gasteiger partial charge < -0.3 is 9.84 Å². The highest BCUT2D eigenvalue weighted by molar-refractivity contribution is 4.95. The summed E-state index contributed by atoms with van der Waals surface area (Å²) in [7, 11) is 0. The molecule has 1 unspecified atom stereocenters.